The van der Waals surface area contributed by atoms with Crippen molar-refractivity contribution >= 4 is 0 Å². The fraction of sp³-hybridized carbons (Fsp3) is 0.200. The second-order valence-electron chi connectivity index (χ2n) is 3.28. The lowest BCUT2D eigenvalue weighted by atomic mass is 10.1. The van der Waals surface area contributed by atoms with Gasteiger partial charge in [-0.3, -0.25) is 4.68 Å². The van der Waals surface area contributed by atoms with Gasteiger partial charge >= 0.3 is 0 Å². The topological polar surface area (TPSA) is 50.9 Å². The van der Waals surface area contributed by atoms with E-state index in [0.29, 0.717) is 0 Å². The van der Waals surface area contributed by atoms with Gasteiger partial charge in [-0.25, -0.2) is 0 Å². The van der Waals surface area contributed by atoms with Gasteiger partial charge in [0.25, 0.3) is 0 Å². The normalized spacial score (nSPS) is 10.4. The van der Waals surface area contributed by atoms with Crippen LogP contribution in [-0.4, -0.2) is 20.1 Å². The minimum atomic E-state index is 0.285. The molecule has 0 radical (unpaired) electrons. The van der Waals surface area contributed by atoms with Gasteiger partial charge in [0.15, 0.2) is 0 Å². The zero-order valence-electron chi connectivity index (χ0n) is 8.10. The van der Waals surface area contributed by atoms with Crippen LogP contribution in [-0.2, 0) is 7.05 Å². The van der Waals surface area contributed by atoms with E-state index < -0.39 is 0 Å². The molecule has 0 saturated carbocycles. The number of aryl methyl sites for hydroxylation is 2. The van der Waals surface area contributed by atoms with E-state index in [9.17, 15) is 5.11 Å². The Labute approximate surface area is 81.8 Å². The van der Waals surface area contributed by atoms with Crippen LogP contribution in [0.1, 0.15) is 5.56 Å². The molecule has 0 aliphatic rings. The van der Waals surface area contributed by atoms with Gasteiger partial charge in [0.1, 0.15) is 11.4 Å². The predicted molar refractivity (Wildman–Crippen MR) is 52.8 cm³/mol. The smallest absolute Gasteiger partial charge is 0.119 e. The van der Waals surface area contributed by atoms with Crippen LogP contribution in [0.4, 0.5) is 0 Å². The van der Waals surface area contributed by atoms with Crippen molar-refractivity contribution in [3.05, 3.63) is 30.0 Å². The number of nitrogens with zero attached hydrogens (tertiary/aromatic N) is 3. The molecule has 1 N–H and O–H groups in total. The summed E-state index contributed by atoms with van der Waals surface area (Å²) in [4.78, 5) is 0. The Bertz CT molecular complexity index is 462. The van der Waals surface area contributed by atoms with Gasteiger partial charge in [0.2, 0.25) is 0 Å². The maximum absolute atomic E-state index is 9.51. The Morgan fingerprint density at radius 3 is 2.71 bits per heavy atom. The maximum Gasteiger partial charge on any atom is 0.119 e. The van der Waals surface area contributed by atoms with Crippen LogP contribution in [0.25, 0.3) is 11.3 Å². The third kappa shape index (κ3) is 1.46. The van der Waals surface area contributed by atoms with E-state index in [0.717, 1.165) is 16.8 Å². The molecule has 0 saturated heterocycles. The summed E-state index contributed by atoms with van der Waals surface area (Å²) in [5, 5.41) is 17.3. The summed E-state index contributed by atoms with van der Waals surface area (Å²) >= 11 is 0. The predicted octanol–water partition coefficient (Wildman–Crippen LogP) is 1.50. The fourth-order valence-electron chi connectivity index (χ4n) is 1.25. The van der Waals surface area contributed by atoms with Crippen LogP contribution < -0.4 is 0 Å². The highest BCUT2D eigenvalue weighted by Gasteiger charge is 2.04. The summed E-state index contributed by atoms with van der Waals surface area (Å²) in [5.74, 6) is 0.285. The van der Waals surface area contributed by atoms with Crippen molar-refractivity contribution < 1.29 is 5.11 Å². The van der Waals surface area contributed by atoms with Crippen molar-refractivity contribution in [2.75, 3.05) is 0 Å². The second-order valence-corrected chi connectivity index (χ2v) is 3.28. The number of phenols is 1. The van der Waals surface area contributed by atoms with Crippen molar-refractivity contribution in [1.82, 2.24) is 15.0 Å². The van der Waals surface area contributed by atoms with E-state index in [-0.39, 0.29) is 5.75 Å². The van der Waals surface area contributed by atoms with Crippen molar-refractivity contribution in [1.29, 1.82) is 0 Å². The van der Waals surface area contributed by atoms with E-state index in [2.05, 4.69) is 10.3 Å². The summed E-state index contributed by atoms with van der Waals surface area (Å²) in [7, 11) is 1.81. The average molecular weight is 189 g/mol. The van der Waals surface area contributed by atoms with E-state index in [1.807, 2.05) is 32.3 Å². The van der Waals surface area contributed by atoms with E-state index >= 15 is 0 Å². The molecule has 2 aromatic rings. The molecule has 4 nitrogen and oxygen atoms in total. The van der Waals surface area contributed by atoms with Gasteiger partial charge in [-0.2, -0.15) is 0 Å². The molecule has 0 bridgehead atoms. The number of hydrogen-bond donors (Lipinski definition) is 1. The summed E-state index contributed by atoms with van der Waals surface area (Å²) in [6.07, 6.45) is 1.81. The third-order valence-corrected chi connectivity index (χ3v) is 2.11. The highest BCUT2D eigenvalue weighted by atomic mass is 16.3. The molecule has 1 aromatic carbocycles. The molecule has 0 amide bonds. The zero-order chi connectivity index (χ0) is 10.1. The van der Waals surface area contributed by atoms with Crippen molar-refractivity contribution in [3.8, 4) is 17.0 Å². The molecule has 0 unspecified atom stereocenters. The van der Waals surface area contributed by atoms with Gasteiger partial charge in [-0.15, -0.1) is 5.10 Å². The molecule has 14 heavy (non-hydrogen) atoms. The third-order valence-electron chi connectivity index (χ3n) is 2.11. The maximum atomic E-state index is 9.51. The monoisotopic (exact) mass is 189 g/mol. The summed E-state index contributed by atoms with van der Waals surface area (Å²) in [6.45, 7) is 1.86. The number of aromatic nitrogens is 3. The highest BCUT2D eigenvalue weighted by Crippen LogP contribution is 2.23. The lowest BCUT2D eigenvalue weighted by Gasteiger charge is -2.00. The van der Waals surface area contributed by atoms with Crippen LogP contribution in [0.5, 0.6) is 5.75 Å². The molecule has 0 spiro atoms. The van der Waals surface area contributed by atoms with Gasteiger partial charge in [-0.1, -0.05) is 17.3 Å². The number of benzene rings is 1. The molecular weight excluding hydrogens is 178 g/mol. The molecule has 0 fully saturated rings. The standard InChI is InChI=1S/C10H11N3O/c1-7-3-4-8(5-10(7)14)9-6-13(2)12-11-9/h3-6,14H,1-2H3. The molecule has 1 heterocycles. The minimum Gasteiger partial charge on any atom is -0.508 e. The molecule has 0 aliphatic heterocycles. The van der Waals surface area contributed by atoms with Gasteiger partial charge in [-0.05, 0) is 18.6 Å². The summed E-state index contributed by atoms with van der Waals surface area (Å²) in [6, 6.07) is 5.47. The Morgan fingerprint density at radius 2 is 2.14 bits per heavy atom. The molecule has 0 aliphatic carbocycles. The van der Waals surface area contributed by atoms with Crippen molar-refractivity contribution in [3.63, 3.8) is 0 Å². The van der Waals surface area contributed by atoms with Crippen LogP contribution in [0.3, 0.4) is 0 Å². The first kappa shape index (κ1) is 8.74. The summed E-state index contributed by atoms with van der Waals surface area (Å²) < 4.78 is 1.63. The minimum absolute atomic E-state index is 0.285. The lowest BCUT2D eigenvalue weighted by molar-refractivity contribution is 0.471. The fourth-order valence-corrected chi connectivity index (χ4v) is 1.25. The SMILES string of the molecule is Cc1ccc(-c2cn(C)nn2)cc1O. The van der Waals surface area contributed by atoms with Crippen molar-refractivity contribution in [2.24, 2.45) is 7.05 Å². The molecule has 4 heteroatoms. The second kappa shape index (κ2) is 3.14. The van der Waals surface area contributed by atoms with E-state index in [4.69, 9.17) is 0 Å². The average Bonchev–Trinajstić information content (AvgIpc) is 2.57. The summed E-state index contributed by atoms with van der Waals surface area (Å²) in [5.41, 5.74) is 2.50. The molecule has 72 valence electrons. The Morgan fingerprint density at radius 1 is 1.36 bits per heavy atom. The number of phenolic OH excluding ortho intramolecular Hbond substituents is 1. The van der Waals surface area contributed by atoms with Gasteiger partial charge in [0.05, 0.1) is 6.20 Å². The number of rotatable bonds is 1. The highest BCUT2D eigenvalue weighted by molar-refractivity contribution is 5.61. The Hall–Kier alpha value is -1.84. The van der Waals surface area contributed by atoms with Crippen LogP contribution in [0, 0.1) is 6.92 Å². The quantitative estimate of drug-likeness (QED) is 0.739. The van der Waals surface area contributed by atoms with Crippen LogP contribution in [0.15, 0.2) is 24.4 Å². The first-order chi connectivity index (χ1) is 6.66. The van der Waals surface area contributed by atoms with Gasteiger partial charge in [0, 0.05) is 12.6 Å². The molecule has 1 aromatic heterocycles. The van der Waals surface area contributed by atoms with Crippen LogP contribution >= 0.6 is 0 Å². The van der Waals surface area contributed by atoms with Gasteiger partial charge < -0.3 is 5.11 Å². The lowest BCUT2D eigenvalue weighted by Crippen LogP contribution is -1.85. The van der Waals surface area contributed by atoms with E-state index in [1.165, 1.54) is 0 Å². The molecule has 0 atom stereocenters. The molecule has 2 rings (SSSR count). The van der Waals surface area contributed by atoms with E-state index in [1.54, 1.807) is 10.7 Å². The first-order valence-electron chi connectivity index (χ1n) is 4.33. The Balaban J connectivity index is 2.47. The van der Waals surface area contributed by atoms with Crippen LogP contribution in [0.2, 0.25) is 0 Å². The first-order valence-corrected chi connectivity index (χ1v) is 4.33. The zero-order valence-corrected chi connectivity index (χ0v) is 8.10. The number of hydrogen-bond acceptors (Lipinski definition) is 3. The van der Waals surface area contributed by atoms with Crippen molar-refractivity contribution in [2.45, 2.75) is 6.92 Å². The largest absolute Gasteiger partial charge is 0.508 e. The number of aromatic hydroxyl groups is 1. The Kier molecular flexibility index (Phi) is 1.96. The molecular formula is C10H11N3O.